The zero-order chi connectivity index (χ0) is 14.5. The predicted octanol–water partition coefficient (Wildman–Crippen LogP) is 2.68. The van der Waals surface area contributed by atoms with E-state index in [9.17, 15) is 0 Å². The van der Waals surface area contributed by atoms with Crippen molar-refractivity contribution in [3.8, 4) is 11.8 Å². The standard InChI is InChI=1S/C17H17N3O/c18-11-15-10-16(7-9-20-15)21-17(14-6-8-19-12-14)13-4-2-1-3-5-13/h1-5,7,9-10,14,17,19H,6,8,12H2/t14-,17-/m1/s1. The second kappa shape index (κ2) is 6.38. The second-order valence-electron chi connectivity index (χ2n) is 5.19. The molecule has 1 N–H and O–H groups in total. The van der Waals surface area contributed by atoms with Crippen LogP contribution in [0.2, 0.25) is 0 Å². The van der Waals surface area contributed by atoms with Crippen molar-refractivity contribution in [3.05, 3.63) is 59.9 Å². The number of ether oxygens (including phenoxy) is 1. The largest absolute Gasteiger partial charge is 0.485 e. The molecule has 4 nitrogen and oxygen atoms in total. The highest BCUT2D eigenvalue weighted by molar-refractivity contribution is 5.31. The first-order valence-corrected chi connectivity index (χ1v) is 7.15. The van der Waals surface area contributed by atoms with Gasteiger partial charge in [0.25, 0.3) is 0 Å². The van der Waals surface area contributed by atoms with Crippen molar-refractivity contribution < 1.29 is 4.74 Å². The maximum Gasteiger partial charge on any atom is 0.144 e. The first kappa shape index (κ1) is 13.6. The molecule has 1 aliphatic rings. The molecular formula is C17H17N3O. The molecule has 1 fully saturated rings. The van der Waals surface area contributed by atoms with Gasteiger partial charge in [-0.15, -0.1) is 0 Å². The summed E-state index contributed by atoms with van der Waals surface area (Å²) in [5.74, 6) is 1.13. The zero-order valence-electron chi connectivity index (χ0n) is 11.7. The molecule has 0 spiro atoms. The van der Waals surface area contributed by atoms with Gasteiger partial charge >= 0.3 is 0 Å². The number of hydrogen-bond acceptors (Lipinski definition) is 4. The van der Waals surface area contributed by atoms with Crippen LogP contribution < -0.4 is 10.1 Å². The highest BCUT2D eigenvalue weighted by Gasteiger charge is 2.28. The molecule has 106 valence electrons. The number of nitrogens with one attached hydrogen (secondary N) is 1. The number of hydrogen-bond donors (Lipinski definition) is 1. The van der Waals surface area contributed by atoms with Crippen LogP contribution in [0.25, 0.3) is 0 Å². The van der Waals surface area contributed by atoms with Gasteiger partial charge < -0.3 is 10.1 Å². The summed E-state index contributed by atoms with van der Waals surface area (Å²) in [4.78, 5) is 3.98. The van der Waals surface area contributed by atoms with Gasteiger partial charge in [0.15, 0.2) is 0 Å². The molecule has 1 aliphatic heterocycles. The Labute approximate surface area is 124 Å². The third-order valence-corrected chi connectivity index (χ3v) is 3.76. The number of benzene rings is 1. The van der Waals surface area contributed by atoms with Crippen LogP contribution in [0, 0.1) is 17.2 Å². The number of pyridine rings is 1. The van der Waals surface area contributed by atoms with Crippen molar-refractivity contribution in [1.82, 2.24) is 10.3 Å². The van der Waals surface area contributed by atoms with Gasteiger partial charge in [-0.25, -0.2) is 4.98 Å². The number of nitrogens with zero attached hydrogens (tertiary/aromatic N) is 2. The SMILES string of the molecule is N#Cc1cc(O[C@H](c2ccccc2)[C@@H]2CCNC2)ccn1. The van der Waals surface area contributed by atoms with E-state index in [0.717, 1.165) is 19.5 Å². The molecule has 3 rings (SSSR count). The van der Waals surface area contributed by atoms with Crippen molar-refractivity contribution in [3.63, 3.8) is 0 Å². The minimum atomic E-state index is -0.00450. The van der Waals surface area contributed by atoms with Crippen LogP contribution in [0.3, 0.4) is 0 Å². The van der Waals surface area contributed by atoms with Gasteiger partial charge in [0.05, 0.1) is 0 Å². The molecule has 2 atom stereocenters. The lowest BCUT2D eigenvalue weighted by Crippen LogP contribution is -2.21. The van der Waals surface area contributed by atoms with Gasteiger partial charge in [-0.2, -0.15) is 5.26 Å². The molecule has 0 aliphatic carbocycles. The maximum absolute atomic E-state index is 8.95. The first-order valence-electron chi connectivity index (χ1n) is 7.15. The van der Waals surface area contributed by atoms with E-state index in [4.69, 9.17) is 10.00 Å². The van der Waals surface area contributed by atoms with Crippen LogP contribution in [0.15, 0.2) is 48.7 Å². The van der Waals surface area contributed by atoms with Crippen LogP contribution in [0.1, 0.15) is 23.8 Å². The monoisotopic (exact) mass is 279 g/mol. The summed E-state index contributed by atoms with van der Waals surface area (Å²) in [7, 11) is 0. The van der Waals surface area contributed by atoms with E-state index in [2.05, 4.69) is 22.4 Å². The summed E-state index contributed by atoms with van der Waals surface area (Å²) in [6, 6.07) is 15.8. The molecule has 0 radical (unpaired) electrons. The maximum atomic E-state index is 8.95. The van der Waals surface area contributed by atoms with Crippen molar-refractivity contribution in [2.24, 2.45) is 5.92 Å². The van der Waals surface area contributed by atoms with Crippen LogP contribution in [-0.4, -0.2) is 18.1 Å². The summed E-state index contributed by atoms with van der Waals surface area (Å²) in [5, 5.41) is 12.3. The lowest BCUT2D eigenvalue weighted by Gasteiger charge is -2.24. The Morgan fingerprint density at radius 2 is 2.14 bits per heavy atom. The van der Waals surface area contributed by atoms with Crippen molar-refractivity contribution in [2.75, 3.05) is 13.1 Å². The van der Waals surface area contributed by atoms with Crippen LogP contribution in [-0.2, 0) is 0 Å². The highest BCUT2D eigenvalue weighted by atomic mass is 16.5. The van der Waals surface area contributed by atoms with Gasteiger partial charge in [-0.05, 0) is 24.6 Å². The van der Waals surface area contributed by atoms with Gasteiger partial charge in [-0.3, -0.25) is 0 Å². The third kappa shape index (κ3) is 3.21. The Bertz CT molecular complexity index is 630. The van der Waals surface area contributed by atoms with Crippen LogP contribution >= 0.6 is 0 Å². The fraction of sp³-hybridized carbons (Fsp3) is 0.294. The summed E-state index contributed by atoms with van der Waals surface area (Å²) >= 11 is 0. The molecule has 0 bridgehead atoms. The Kier molecular flexibility index (Phi) is 4.13. The number of nitriles is 1. The quantitative estimate of drug-likeness (QED) is 0.934. The average Bonchev–Trinajstić information content (AvgIpc) is 3.08. The van der Waals surface area contributed by atoms with Gasteiger partial charge in [0, 0.05) is 24.7 Å². The van der Waals surface area contributed by atoms with Gasteiger partial charge in [0.1, 0.15) is 23.6 Å². The normalized spacial score (nSPS) is 18.9. The topological polar surface area (TPSA) is 57.9 Å². The van der Waals surface area contributed by atoms with Crippen molar-refractivity contribution in [2.45, 2.75) is 12.5 Å². The molecule has 0 saturated carbocycles. The minimum absolute atomic E-state index is 0.00450. The van der Waals surface area contributed by atoms with Gasteiger partial charge in [-0.1, -0.05) is 30.3 Å². The molecule has 1 saturated heterocycles. The van der Waals surface area contributed by atoms with Crippen molar-refractivity contribution in [1.29, 1.82) is 5.26 Å². The van der Waals surface area contributed by atoms with Crippen LogP contribution in [0.4, 0.5) is 0 Å². The minimum Gasteiger partial charge on any atom is -0.485 e. The van der Waals surface area contributed by atoms with E-state index in [1.165, 1.54) is 5.56 Å². The molecule has 2 aromatic rings. The van der Waals surface area contributed by atoms with E-state index >= 15 is 0 Å². The Morgan fingerprint density at radius 3 is 2.86 bits per heavy atom. The Morgan fingerprint density at radius 1 is 1.29 bits per heavy atom. The fourth-order valence-corrected chi connectivity index (χ4v) is 2.71. The Balaban J connectivity index is 1.87. The molecule has 21 heavy (non-hydrogen) atoms. The predicted molar refractivity (Wildman–Crippen MR) is 79.7 cm³/mol. The molecule has 0 unspecified atom stereocenters. The highest BCUT2D eigenvalue weighted by Crippen LogP contribution is 2.31. The number of rotatable bonds is 4. The van der Waals surface area contributed by atoms with Crippen molar-refractivity contribution >= 4 is 0 Å². The van der Waals surface area contributed by atoms with Gasteiger partial charge in [0.2, 0.25) is 0 Å². The summed E-state index contributed by atoms with van der Waals surface area (Å²) in [6.07, 6.45) is 2.70. The molecular weight excluding hydrogens is 262 g/mol. The van der Waals surface area contributed by atoms with E-state index in [-0.39, 0.29) is 6.10 Å². The average molecular weight is 279 g/mol. The molecule has 4 heteroatoms. The zero-order valence-corrected chi connectivity index (χ0v) is 11.7. The van der Waals surface area contributed by atoms with Crippen LogP contribution in [0.5, 0.6) is 5.75 Å². The molecule has 2 heterocycles. The van der Waals surface area contributed by atoms with E-state index < -0.39 is 0 Å². The summed E-state index contributed by atoms with van der Waals surface area (Å²) < 4.78 is 6.20. The van der Waals surface area contributed by atoms with E-state index in [1.807, 2.05) is 24.3 Å². The van der Waals surface area contributed by atoms with E-state index in [1.54, 1.807) is 18.3 Å². The summed E-state index contributed by atoms with van der Waals surface area (Å²) in [6.45, 7) is 1.98. The number of aromatic nitrogens is 1. The lowest BCUT2D eigenvalue weighted by molar-refractivity contribution is 0.144. The second-order valence-corrected chi connectivity index (χ2v) is 5.19. The first-order chi connectivity index (χ1) is 10.4. The molecule has 1 aromatic carbocycles. The molecule has 0 amide bonds. The summed E-state index contributed by atoms with van der Waals surface area (Å²) in [5.41, 5.74) is 1.55. The van der Waals surface area contributed by atoms with E-state index in [0.29, 0.717) is 17.4 Å². The smallest absolute Gasteiger partial charge is 0.144 e. The third-order valence-electron chi connectivity index (χ3n) is 3.76. The Hall–Kier alpha value is -2.38. The molecule has 1 aromatic heterocycles. The lowest BCUT2D eigenvalue weighted by atomic mass is 9.95. The fourth-order valence-electron chi connectivity index (χ4n) is 2.71.